The minimum atomic E-state index is -1.32. The molecule has 41 heavy (non-hydrogen) atoms. The summed E-state index contributed by atoms with van der Waals surface area (Å²) in [5.41, 5.74) is 4.14. The number of nitrogens with zero attached hydrogens (tertiary/aromatic N) is 8. The Morgan fingerprint density at radius 2 is 2.17 bits per heavy atom. The maximum atomic E-state index is 13.2. The number of tetrazole rings is 1. The van der Waals surface area contributed by atoms with E-state index in [2.05, 4.69) is 35.4 Å². The second-order valence-corrected chi connectivity index (χ2v) is 12.2. The molecule has 5 rings (SSSR count). The average molecular weight is 625 g/mol. The van der Waals surface area contributed by atoms with Crippen molar-refractivity contribution in [3.63, 3.8) is 0 Å². The van der Waals surface area contributed by atoms with Gasteiger partial charge in [0.1, 0.15) is 22.9 Å². The number of oxime groups is 1. The van der Waals surface area contributed by atoms with E-state index in [1.54, 1.807) is 0 Å². The molecule has 0 saturated carbocycles. The predicted octanol–water partition coefficient (Wildman–Crippen LogP) is -0.716. The summed E-state index contributed by atoms with van der Waals surface area (Å²) in [6, 6.07) is -0.914. The normalized spacial score (nSPS) is 25.5. The standard InChI is InChI=1S/C21H24N10O7S3/c22-19-24-14(27-41-19)12(26-38-10-3-1-2-4-10)15(34)23-13-16(35)30-7-21(18(36)37,8-39-17(13)30)9-40-20-25-28-29-31(20)6-5-11(32)33/h1,3,10,13,17H,2,4-9H2,(H,23,34)(H,32,33)(H,36,37)(H2,22,24,27)/t10?,13?,17-,21?/m1/s1. The molecule has 0 bridgehead atoms. The summed E-state index contributed by atoms with van der Waals surface area (Å²) in [6.07, 6.45) is 4.81. The summed E-state index contributed by atoms with van der Waals surface area (Å²) < 4.78 is 5.34. The molecule has 218 valence electrons. The fourth-order valence-corrected chi connectivity index (χ4v) is 7.49. The molecule has 3 unspecified atom stereocenters. The fraction of sp³-hybridized carbons (Fsp3) is 0.524. The molecule has 0 aromatic carbocycles. The number of allylic oxidation sites excluding steroid dienone is 1. The van der Waals surface area contributed by atoms with E-state index in [1.807, 2.05) is 12.2 Å². The van der Waals surface area contributed by atoms with Gasteiger partial charge in [0.2, 0.25) is 22.6 Å². The summed E-state index contributed by atoms with van der Waals surface area (Å²) >= 11 is 3.19. The van der Waals surface area contributed by atoms with Crippen molar-refractivity contribution in [3.05, 3.63) is 18.0 Å². The van der Waals surface area contributed by atoms with Crippen LogP contribution in [0.4, 0.5) is 5.13 Å². The number of hydrogen-bond acceptors (Lipinski definition) is 15. The van der Waals surface area contributed by atoms with E-state index in [-0.39, 0.29) is 58.9 Å². The number of carbonyl (C=O) groups is 4. The van der Waals surface area contributed by atoms with E-state index < -0.39 is 40.6 Å². The summed E-state index contributed by atoms with van der Waals surface area (Å²) in [5.74, 6) is -3.12. The molecule has 4 heterocycles. The molecule has 3 aliphatic rings. The van der Waals surface area contributed by atoms with Gasteiger partial charge in [0.05, 0.1) is 13.0 Å². The number of aliphatic carboxylic acids is 2. The van der Waals surface area contributed by atoms with Gasteiger partial charge in [-0.3, -0.25) is 19.2 Å². The van der Waals surface area contributed by atoms with Gasteiger partial charge in [-0.2, -0.15) is 9.36 Å². The molecule has 2 amide bonds. The van der Waals surface area contributed by atoms with E-state index in [4.69, 9.17) is 15.7 Å². The van der Waals surface area contributed by atoms with Gasteiger partial charge in [-0.05, 0) is 29.3 Å². The Kier molecular flexibility index (Phi) is 8.40. The first-order valence-electron chi connectivity index (χ1n) is 12.2. The molecule has 4 atom stereocenters. The Bertz CT molecular complexity index is 1410. The van der Waals surface area contributed by atoms with Crippen LogP contribution >= 0.6 is 35.1 Å². The average Bonchev–Trinajstić information content (AvgIpc) is 3.72. The number of β-lactam (4-membered cyclic amide) rings is 1. The highest BCUT2D eigenvalue weighted by Crippen LogP contribution is 2.44. The molecular weight excluding hydrogens is 600 g/mol. The lowest BCUT2D eigenvalue weighted by molar-refractivity contribution is -0.157. The van der Waals surface area contributed by atoms with E-state index in [0.29, 0.717) is 6.42 Å². The summed E-state index contributed by atoms with van der Waals surface area (Å²) in [6.45, 7) is -0.0542. The Morgan fingerprint density at radius 1 is 1.34 bits per heavy atom. The molecule has 1 aliphatic carbocycles. The molecule has 20 heteroatoms. The molecule has 0 spiro atoms. The van der Waals surface area contributed by atoms with Crippen molar-refractivity contribution >= 4 is 69.7 Å². The van der Waals surface area contributed by atoms with Gasteiger partial charge in [0.25, 0.3) is 5.91 Å². The first-order valence-corrected chi connectivity index (χ1v) is 15.0. The smallest absolute Gasteiger partial charge is 0.313 e. The number of carboxylic acid groups (broad SMARTS) is 2. The lowest BCUT2D eigenvalue weighted by atomic mass is 9.89. The van der Waals surface area contributed by atoms with Gasteiger partial charge in [0, 0.05) is 29.6 Å². The Morgan fingerprint density at radius 3 is 2.85 bits per heavy atom. The minimum absolute atomic E-state index is 0.0282. The number of amides is 2. The number of thioether (sulfide) groups is 2. The van der Waals surface area contributed by atoms with E-state index >= 15 is 0 Å². The number of aryl methyl sites for hydroxylation is 1. The largest absolute Gasteiger partial charge is 0.481 e. The number of nitrogens with one attached hydrogen (secondary N) is 1. The molecule has 2 aromatic heterocycles. The highest BCUT2D eigenvalue weighted by Gasteiger charge is 2.57. The highest BCUT2D eigenvalue weighted by molar-refractivity contribution is 8.00. The van der Waals surface area contributed by atoms with Gasteiger partial charge in [0.15, 0.2) is 5.13 Å². The zero-order valence-electron chi connectivity index (χ0n) is 21.2. The van der Waals surface area contributed by atoms with Gasteiger partial charge >= 0.3 is 11.9 Å². The number of hydrogen-bond donors (Lipinski definition) is 4. The first kappa shape index (κ1) is 28.7. The van der Waals surface area contributed by atoms with Crippen molar-refractivity contribution in [2.45, 2.75) is 48.5 Å². The molecule has 2 aromatic rings. The van der Waals surface area contributed by atoms with Crippen LogP contribution in [0.5, 0.6) is 0 Å². The van der Waals surface area contributed by atoms with Crippen molar-refractivity contribution in [3.8, 4) is 0 Å². The summed E-state index contributed by atoms with van der Waals surface area (Å²) in [4.78, 5) is 60.4. The van der Waals surface area contributed by atoms with Gasteiger partial charge in [-0.1, -0.05) is 23.0 Å². The van der Waals surface area contributed by atoms with Gasteiger partial charge < -0.3 is 31.0 Å². The van der Waals surface area contributed by atoms with E-state index in [0.717, 1.165) is 29.7 Å². The Hall–Kier alpha value is -3.78. The third-order valence-electron chi connectivity index (χ3n) is 6.52. The monoisotopic (exact) mass is 624 g/mol. The van der Waals surface area contributed by atoms with E-state index in [9.17, 15) is 24.3 Å². The number of aromatic nitrogens is 6. The minimum Gasteiger partial charge on any atom is -0.481 e. The topological polar surface area (TPSA) is 241 Å². The van der Waals surface area contributed by atoms with Crippen molar-refractivity contribution < 1.29 is 34.2 Å². The van der Waals surface area contributed by atoms with Crippen molar-refractivity contribution in [1.29, 1.82) is 0 Å². The number of anilines is 1. The van der Waals surface area contributed by atoms with Crippen LogP contribution in [0.25, 0.3) is 0 Å². The van der Waals surface area contributed by atoms with Crippen molar-refractivity contribution in [2.24, 2.45) is 10.6 Å². The molecule has 17 nitrogen and oxygen atoms in total. The number of fused-ring (bicyclic) bond motifs is 1. The highest BCUT2D eigenvalue weighted by atomic mass is 32.2. The molecule has 2 aliphatic heterocycles. The second-order valence-electron chi connectivity index (χ2n) is 9.37. The van der Waals surface area contributed by atoms with Gasteiger partial charge in [-0.25, -0.2) is 4.68 Å². The third-order valence-corrected chi connectivity index (χ3v) is 9.89. The maximum absolute atomic E-state index is 13.2. The predicted molar refractivity (Wildman–Crippen MR) is 145 cm³/mol. The number of nitrogen functional groups attached to an aromatic ring is 1. The number of rotatable bonds is 12. The lowest BCUT2D eigenvalue weighted by Gasteiger charge is -2.53. The third kappa shape index (κ3) is 6.12. The number of carboxylic acids is 2. The lowest BCUT2D eigenvalue weighted by Crippen LogP contribution is -2.74. The van der Waals surface area contributed by atoms with Crippen LogP contribution in [0.15, 0.2) is 22.5 Å². The van der Waals surface area contributed by atoms with Crippen molar-refractivity contribution in [1.82, 2.24) is 39.8 Å². The van der Waals surface area contributed by atoms with Crippen molar-refractivity contribution in [2.75, 3.05) is 23.8 Å². The number of nitrogens with two attached hydrogens (primary N) is 1. The summed E-state index contributed by atoms with van der Waals surface area (Å²) in [5, 5.41) is 36.7. The zero-order valence-corrected chi connectivity index (χ0v) is 23.6. The molecule has 2 saturated heterocycles. The van der Waals surface area contributed by atoms with Crippen LogP contribution < -0.4 is 11.1 Å². The summed E-state index contributed by atoms with van der Waals surface area (Å²) in [7, 11) is 0. The van der Waals surface area contributed by atoms with E-state index in [1.165, 1.54) is 21.3 Å². The Balaban J connectivity index is 1.23. The van der Waals surface area contributed by atoms with Crippen LogP contribution in [0.1, 0.15) is 25.1 Å². The quantitative estimate of drug-likeness (QED) is 0.0749. The van der Waals surface area contributed by atoms with Crippen LogP contribution in [0, 0.1) is 5.41 Å². The SMILES string of the molecule is Nc1nc(C(=NOC2C=CCC2)C(=O)NC2C(=O)N3CC(CSc4nnnn4CCC(=O)O)(C(=O)O)CS[C@H]23)ns1. The Labute approximate surface area is 244 Å². The molecular formula is C21H24N10O7S3. The maximum Gasteiger partial charge on any atom is 0.313 e. The van der Waals surface area contributed by atoms with Gasteiger partial charge in [-0.15, -0.1) is 16.9 Å². The van der Waals surface area contributed by atoms with Crippen LogP contribution in [-0.4, -0.2) is 110 Å². The van der Waals surface area contributed by atoms with Crippen LogP contribution in [-0.2, 0) is 30.6 Å². The zero-order chi connectivity index (χ0) is 29.1. The first-order chi connectivity index (χ1) is 19.7. The molecule has 5 N–H and O–H groups in total. The molecule has 0 radical (unpaired) electrons. The van der Waals surface area contributed by atoms with Crippen LogP contribution in [0.3, 0.4) is 0 Å². The molecule has 2 fully saturated rings. The number of carbonyl (C=O) groups excluding carboxylic acids is 2. The second kappa shape index (κ2) is 12.0. The fourth-order valence-electron chi connectivity index (χ4n) is 4.29. The van der Waals surface area contributed by atoms with Crippen LogP contribution in [0.2, 0.25) is 0 Å².